The van der Waals surface area contributed by atoms with E-state index in [9.17, 15) is 4.79 Å². The molecule has 3 nitrogen and oxygen atoms in total. The lowest BCUT2D eigenvalue weighted by Gasteiger charge is -2.31. The van der Waals surface area contributed by atoms with Crippen LogP contribution in [0.1, 0.15) is 33.6 Å². The van der Waals surface area contributed by atoms with Crippen molar-refractivity contribution in [3.05, 3.63) is 11.6 Å². The zero-order chi connectivity index (χ0) is 11.8. The van der Waals surface area contributed by atoms with Crippen molar-refractivity contribution in [1.29, 1.82) is 0 Å². The van der Waals surface area contributed by atoms with Gasteiger partial charge in [-0.05, 0) is 24.7 Å². The van der Waals surface area contributed by atoms with Crippen molar-refractivity contribution in [3.63, 3.8) is 0 Å². The maximum Gasteiger partial charge on any atom is 0.159 e. The largest absolute Gasteiger partial charge is 0.349 e. The molecule has 0 aromatic rings. The molecule has 0 N–H and O–H groups in total. The number of hydrogen-bond acceptors (Lipinski definition) is 3. The van der Waals surface area contributed by atoms with Crippen molar-refractivity contribution in [1.82, 2.24) is 0 Å². The minimum absolute atomic E-state index is 0.196. The van der Waals surface area contributed by atoms with E-state index in [0.717, 1.165) is 19.1 Å². The molecule has 0 aromatic carbocycles. The first-order chi connectivity index (χ1) is 7.54. The molecule has 3 atom stereocenters. The Hall–Kier alpha value is -0.670. The maximum absolute atomic E-state index is 10.6. The summed E-state index contributed by atoms with van der Waals surface area (Å²) in [5.74, 6) is 0.558. The molecule has 1 fully saturated rings. The van der Waals surface area contributed by atoms with E-state index in [2.05, 4.69) is 26.8 Å². The van der Waals surface area contributed by atoms with Crippen LogP contribution in [0.3, 0.4) is 0 Å². The van der Waals surface area contributed by atoms with Crippen LogP contribution in [0, 0.1) is 11.3 Å². The summed E-state index contributed by atoms with van der Waals surface area (Å²) in [6.45, 7) is 7.13. The first kappa shape index (κ1) is 11.8. The summed E-state index contributed by atoms with van der Waals surface area (Å²) in [6.07, 6.45) is 4.54. The van der Waals surface area contributed by atoms with Crippen LogP contribution in [0.5, 0.6) is 0 Å². The molecule has 2 rings (SSSR count). The lowest BCUT2D eigenvalue weighted by atomic mass is 9.76. The number of rotatable bonds is 3. The Morgan fingerprint density at radius 3 is 2.81 bits per heavy atom. The molecule has 16 heavy (non-hydrogen) atoms. The summed E-state index contributed by atoms with van der Waals surface area (Å²) in [5.41, 5.74) is 1.67. The third-order valence-electron chi connectivity index (χ3n) is 4.15. The van der Waals surface area contributed by atoms with E-state index in [1.165, 1.54) is 5.57 Å². The second-order valence-corrected chi connectivity index (χ2v) is 5.35. The number of aldehydes is 1. The van der Waals surface area contributed by atoms with E-state index in [0.29, 0.717) is 12.5 Å². The summed E-state index contributed by atoms with van der Waals surface area (Å²) in [4.78, 5) is 10.6. The summed E-state index contributed by atoms with van der Waals surface area (Å²) in [5, 5.41) is 0. The van der Waals surface area contributed by atoms with Gasteiger partial charge in [0.05, 0.1) is 6.61 Å². The van der Waals surface area contributed by atoms with Gasteiger partial charge in [0.1, 0.15) is 6.10 Å². The molecular formula is C13H20O3. The monoisotopic (exact) mass is 224 g/mol. The van der Waals surface area contributed by atoms with Crippen molar-refractivity contribution in [2.75, 3.05) is 6.61 Å². The Balaban J connectivity index is 1.90. The fraction of sp³-hybridized carbons (Fsp3) is 0.769. The third kappa shape index (κ3) is 2.06. The highest BCUT2D eigenvalue weighted by atomic mass is 16.7. The Labute approximate surface area is 96.8 Å². The molecule has 90 valence electrons. The summed E-state index contributed by atoms with van der Waals surface area (Å²) in [6, 6.07) is 0. The fourth-order valence-corrected chi connectivity index (χ4v) is 2.49. The van der Waals surface area contributed by atoms with Gasteiger partial charge in [-0.25, -0.2) is 0 Å². The van der Waals surface area contributed by atoms with Gasteiger partial charge in [-0.2, -0.15) is 0 Å². The Morgan fingerprint density at radius 2 is 2.31 bits per heavy atom. The second kappa shape index (κ2) is 4.30. The first-order valence-electron chi connectivity index (χ1n) is 5.93. The summed E-state index contributed by atoms with van der Waals surface area (Å²) >= 11 is 0. The van der Waals surface area contributed by atoms with Crippen LogP contribution in [0.15, 0.2) is 11.6 Å². The molecular weight excluding hydrogens is 204 g/mol. The Morgan fingerprint density at radius 1 is 1.56 bits per heavy atom. The minimum atomic E-state index is -0.358. The van der Waals surface area contributed by atoms with Crippen molar-refractivity contribution in [2.24, 2.45) is 11.3 Å². The fourth-order valence-electron chi connectivity index (χ4n) is 2.49. The standard InChI is InChI=1S/C13H20O3/c1-9-4-5-10(13(9,2)3)6-12-15-8-11(7-14)16-12/h4,7,10-12H,5-6,8H2,1-3H3. The molecule has 1 aliphatic carbocycles. The Kier molecular flexibility index (Phi) is 3.17. The highest BCUT2D eigenvalue weighted by Crippen LogP contribution is 2.45. The summed E-state index contributed by atoms with van der Waals surface area (Å²) in [7, 11) is 0. The van der Waals surface area contributed by atoms with E-state index >= 15 is 0 Å². The van der Waals surface area contributed by atoms with Crippen molar-refractivity contribution in [3.8, 4) is 0 Å². The van der Waals surface area contributed by atoms with Gasteiger partial charge in [0.25, 0.3) is 0 Å². The summed E-state index contributed by atoms with van der Waals surface area (Å²) < 4.78 is 11.0. The molecule has 0 aromatic heterocycles. The zero-order valence-electron chi connectivity index (χ0n) is 10.2. The second-order valence-electron chi connectivity index (χ2n) is 5.35. The number of ether oxygens (including phenoxy) is 2. The average molecular weight is 224 g/mol. The predicted molar refractivity (Wildman–Crippen MR) is 60.9 cm³/mol. The van der Waals surface area contributed by atoms with Crippen LogP contribution in [0.25, 0.3) is 0 Å². The molecule has 0 spiro atoms. The van der Waals surface area contributed by atoms with Crippen molar-refractivity contribution >= 4 is 6.29 Å². The van der Waals surface area contributed by atoms with Gasteiger partial charge in [-0.1, -0.05) is 25.5 Å². The van der Waals surface area contributed by atoms with Gasteiger partial charge in [-0.15, -0.1) is 0 Å². The quantitative estimate of drug-likeness (QED) is 0.545. The zero-order valence-corrected chi connectivity index (χ0v) is 10.2. The SMILES string of the molecule is CC1=CCC(CC2OCC(C=O)O2)C1(C)C. The van der Waals surface area contributed by atoms with Crippen molar-refractivity contribution in [2.45, 2.75) is 46.0 Å². The number of carbonyl (C=O) groups is 1. The smallest absolute Gasteiger partial charge is 0.159 e. The normalized spacial score (nSPS) is 37.4. The number of allylic oxidation sites excluding steroid dienone is 2. The van der Waals surface area contributed by atoms with Crippen LogP contribution in [-0.2, 0) is 14.3 Å². The van der Waals surface area contributed by atoms with Gasteiger partial charge in [0.15, 0.2) is 12.6 Å². The van der Waals surface area contributed by atoms with Crippen LogP contribution < -0.4 is 0 Å². The molecule has 1 heterocycles. The molecule has 3 unspecified atom stereocenters. The lowest BCUT2D eigenvalue weighted by Crippen LogP contribution is -2.25. The van der Waals surface area contributed by atoms with E-state index in [4.69, 9.17) is 9.47 Å². The highest BCUT2D eigenvalue weighted by Gasteiger charge is 2.38. The topological polar surface area (TPSA) is 35.5 Å². The van der Waals surface area contributed by atoms with Gasteiger partial charge >= 0.3 is 0 Å². The van der Waals surface area contributed by atoms with Crippen LogP contribution >= 0.6 is 0 Å². The molecule has 0 saturated carbocycles. The van der Waals surface area contributed by atoms with Crippen LogP contribution in [-0.4, -0.2) is 25.3 Å². The lowest BCUT2D eigenvalue weighted by molar-refractivity contribution is -0.121. The molecule has 0 bridgehead atoms. The van der Waals surface area contributed by atoms with Crippen LogP contribution in [0.2, 0.25) is 0 Å². The maximum atomic E-state index is 10.6. The van der Waals surface area contributed by atoms with Gasteiger partial charge in [0, 0.05) is 6.42 Å². The molecule has 1 aliphatic heterocycles. The first-order valence-corrected chi connectivity index (χ1v) is 5.93. The van der Waals surface area contributed by atoms with E-state index in [1.807, 2.05) is 0 Å². The minimum Gasteiger partial charge on any atom is -0.349 e. The van der Waals surface area contributed by atoms with E-state index in [1.54, 1.807) is 0 Å². The van der Waals surface area contributed by atoms with Gasteiger partial charge in [0.2, 0.25) is 0 Å². The number of hydrogen-bond donors (Lipinski definition) is 0. The predicted octanol–water partition coefficient (Wildman–Crippen LogP) is 2.31. The molecule has 0 amide bonds. The van der Waals surface area contributed by atoms with Gasteiger partial charge in [-0.3, -0.25) is 0 Å². The highest BCUT2D eigenvalue weighted by molar-refractivity contribution is 5.56. The Bertz CT molecular complexity index is 306. The number of carbonyl (C=O) groups excluding carboxylic acids is 1. The van der Waals surface area contributed by atoms with Crippen molar-refractivity contribution < 1.29 is 14.3 Å². The molecule has 0 radical (unpaired) electrons. The van der Waals surface area contributed by atoms with E-state index < -0.39 is 0 Å². The molecule has 2 aliphatic rings. The van der Waals surface area contributed by atoms with Gasteiger partial charge < -0.3 is 14.3 Å². The average Bonchev–Trinajstić information content (AvgIpc) is 2.79. The molecule has 3 heteroatoms. The van der Waals surface area contributed by atoms with E-state index in [-0.39, 0.29) is 17.8 Å². The van der Waals surface area contributed by atoms with Crippen LogP contribution in [0.4, 0.5) is 0 Å². The third-order valence-corrected chi connectivity index (χ3v) is 4.15. The molecule has 1 saturated heterocycles.